The van der Waals surface area contributed by atoms with E-state index in [0.29, 0.717) is 6.54 Å². The van der Waals surface area contributed by atoms with Crippen molar-refractivity contribution in [2.45, 2.75) is 39.8 Å². The number of hydrogen-bond acceptors (Lipinski definition) is 2. The summed E-state index contributed by atoms with van der Waals surface area (Å²) in [6, 6.07) is 14.1. The van der Waals surface area contributed by atoms with Gasteiger partial charge < -0.3 is 4.74 Å². The van der Waals surface area contributed by atoms with Crippen LogP contribution in [0.1, 0.15) is 33.7 Å². The number of carbonyl (C=O) groups excluding carboxylic acids is 1. The zero-order valence-electron chi connectivity index (χ0n) is 16.2. The van der Waals surface area contributed by atoms with Gasteiger partial charge in [0.2, 0.25) is 5.78 Å². The summed E-state index contributed by atoms with van der Waals surface area (Å²) < 4.78 is 9.74. The molecule has 0 fully saturated rings. The van der Waals surface area contributed by atoms with Gasteiger partial charge in [0.1, 0.15) is 11.9 Å². The zero-order chi connectivity index (χ0) is 19.0. The third kappa shape index (κ3) is 3.27. The van der Waals surface area contributed by atoms with E-state index < -0.39 is 0 Å². The number of ether oxygens (including phenoxy) is 1. The van der Waals surface area contributed by atoms with E-state index in [1.807, 2.05) is 30.3 Å². The molecule has 0 N–H and O–H groups in total. The summed E-state index contributed by atoms with van der Waals surface area (Å²) >= 11 is 0. The summed E-state index contributed by atoms with van der Waals surface area (Å²) in [5.41, 5.74) is 5.47. The Morgan fingerprint density at radius 3 is 2.59 bits per heavy atom. The molecule has 0 atom stereocenters. The van der Waals surface area contributed by atoms with Crippen LogP contribution in [0.2, 0.25) is 0 Å². The molecule has 0 bridgehead atoms. The molecule has 3 aromatic rings. The van der Waals surface area contributed by atoms with E-state index in [1.165, 1.54) is 11.4 Å². The maximum Gasteiger partial charge on any atom is 0.257 e. The molecule has 4 nitrogen and oxygen atoms in total. The molecule has 4 rings (SSSR count). The van der Waals surface area contributed by atoms with Crippen molar-refractivity contribution in [1.29, 1.82) is 0 Å². The molecular weight excluding hydrogens is 336 g/mol. The smallest absolute Gasteiger partial charge is 0.257 e. The molecule has 0 radical (unpaired) electrons. The van der Waals surface area contributed by atoms with Crippen LogP contribution in [-0.2, 0) is 19.5 Å². The van der Waals surface area contributed by atoms with Gasteiger partial charge in [0.15, 0.2) is 12.2 Å². The molecule has 1 aromatic heterocycles. The summed E-state index contributed by atoms with van der Waals surface area (Å²) in [6.07, 6.45) is 4.25. The van der Waals surface area contributed by atoms with E-state index in [4.69, 9.17) is 4.74 Å². The van der Waals surface area contributed by atoms with Crippen molar-refractivity contribution in [3.63, 3.8) is 0 Å². The highest BCUT2D eigenvalue weighted by molar-refractivity contribution is 5.95. The van der Waals surface area contributed by atoms with Crippen molar-refractivity contribution >= 4 is 5.78 Å². The second kappa shape index (κ2) is 7.03. The van der Waals surface area contributed by atoms with Gasteiger partial charge in [-0.15, -0.1) is 0 Å². The quantitative estimate of drug-likeness (QED) is 0.510. The van der Waals surface area contributed by atoms with Crippen LogP contribution in [-0.4, -0.2) is 17.5 Å². The highest BCUT2D eigenvalue weighted by Gasteiger charge is 2.29. The summed E-state index contributed by atoms with van der Waals surface area (Å²) in [6.45, 7) is 5.51. The van der Waals surface area contributed by atoms with E-state index in [9.17, 15) is 4.79 Å². The molecular formula is C23H25N2O2+. The molecule has 1 aliphatic heterocycles. The predicted octanol–water partition coefficient (Wildman–Crippen LogP) is 3.90. The lowest BCUT2D eigenvalue weighted by Gasteiger charge is -2.04. The number of benzene rings is 2. The van der Waals surface area contributed by atoms with Crippen molar-refractivity contribution in [2.24, 2.45) is 0 Å². The monoisotopic (exact) mass is 361 g/mol. The van der Waals surface area contributed by atoms with Gasteiger partial charge in [-0.25, -0.2) is 9.13 Å². The van der Waals surface area contributed by atoms with Gasteiger partial charge in [-0.05, 0) is 61.7 Å². The number of hydrogen-bond donors (Lipinski definition) is 0. The van der Waals surface area contributed by atoms with Crippen molar-refractivity contribution in [1.82, 2.24) is 4.57 Å². The Labute approximate surface area is 160 Å². The third-order valence-corrected chi connectivity index (χ3v) is 5.52. The Balaban J connectivity index is 1.65. The highest BCUT2D eigenvalue weighted by atomic mass is 16.5. The standard InChI is InChI=1S/C23H25N2O2/c1-16-6-7-19(13-17(16)2)22(26)15-24-14-21(25-12-4-5-23(24)25)18-8-10-20(27-3)11-9-18/h6-11,13-14H,4-5,12,15H2,1-3H3/q+1. The van der Waals surface area contributed by atoms with E-state index >= 15 is 0 Å². The van der Waals surface area contributed by atoms with Crippen LogP contribution in [0.25, 0.3) is 11.3 Å². The van der Waals surface area contributed by atoms with Crippen molar-refractivity contribution < 1.29 is 14.1 Å². The Kier molecular flexibility index (Phi) is 4.56. The average Bonchev–Trinajstić information content (AvgIpc) is 3.28. The Bertz CT molecular complexity index is 1000. The van der Waals surface area contributed by atoms with Crippen LogP contribution < -0.4 is 9.30 Å². The van der Waals surface area contributed by atoms with Crippen molar-refractivity contribution in [2.75, 3.05) is 7.11 Å². The van der Waals surface area contributed by atoms with Gasteiger partial charge in [0, 0.05) is 11.1 Å². The van der Waals surface area contributed by atoms with E-state index in [2.05, 4.69) is 41.3 Å². The number of rotatable bonds is 5. The van der Waals surface area contributed by atoms with Gasteiger partial charge >= 0.3 is 0 Å². The van der Waals surface area contributed by atoms with Crippen LogP contribution in [0.4, 0.5) is 0 Å². The molecule has 0 saturated carbocycles. The fourth-order valence-electron chi connectivity index (χ4n) is 3.80. The third-order valence-electron chi connectivity index (χ3n) is 5.52. The predicted molar refractivity (Wildman–Crippen MR) is 105 cm³/mol. The van der Waals surface area contributed by atoms with Gasteiger partial charge in [-0.3, -0.25) is 4.79 Å². The summed E-state index contributed by atoms with van der Waals surface area (Å²) in [4.78, 5) is 12.9. The molecule has 0 amide bonds. The second-order valence-corrected chi connectivity index (χ2v) is 7.26. The maximum absolute atomic E-state index is 12.9. The number of imidazole rings is 1. The van der Waals surface area contributed by atoms with Crippen molar-refractivity contribution in [3.05, 3.63) is 71.2 Å². The number of nitrogens with zero attached hydrogens (tertiary/aromatic N) is 2. The first kappa shape index (κ1) is 17.5. The average molecular weight is 361 g/mol. The Morgan fingerprint density at radius 1 is 1.11 bits per heavy atom. The minimum atomic E-state index is 0.157. The molecule has 2 aromatic carbocycles. The number of ketones is 1. The molecule has 0 unspecified atom stereocenters. The minimum absolute atomic E-state index is 0.157. The van der Waals surface area contributed by atoms with Gasteiger partial charge in [-0.1, -0.05) is 12.1 Å². The van der Waals surface area contributed by atoms with Crippen molar-refractivity contribution in [3.8, 4) is 17.0 Å². The Morgan fingerprint density at radius 2 is 1.89 bits per heavy atom. The lowest BCUT2D eigenvalue weighted by atomic mass is 10.0. The number of Topliss-reactive ketones (excluding diaryl/α,β-unsaturated/α-hetero) is 1. The first-order valence-electron chi connectivity index (χ1n) is 9.43. The summed E-state index contributed by atoms with van der Waals surface area (Å²) in [7, 11) is 1.68. The number of fused-ring (bicyclic) bond motifs is 1. The number of carbonyl (C=O) groups is 1. The number of aromatic nitrogens is 2. The molecule has 0 spiro atoms. The summed E-state index contributed by atoms with van der Waals surface area (Å²) in [5.74, 6) is 2.24. The van der Waals surface area contributed by atoms with E-state index in [1.54, 1.807) is 7.11 Å². The highest BCUT2D eigenvalue weighted by Crippen LogP contribution is 2.26. The van der Waals surface area contributed by atoms with Crippen LogP contribution in [0.5, 0.6) is 5.75 Å². The van der Waals surface area contributed by atoms with E-state index in [-0.39, 0.29) is 5.78 Å². The Hall–Kier alpha value is -2.88. The summed E-state index contributed by atoms with van der Waals surface area (Å²) in [5, 5.41) is 0. The van der Waals surface area contributed by atoms with Gasteiger partial charge in [0.05, 0.1) is 20.1 Å². The first-order chi connectivity index (χ1) is 13.1. The molecule has 0 saturated heterocycles. The lowest BCUT2D eigenvalue weighted by molar-refractivity contribution is -0.689. The fourth-order valence-corrected chi connectivity index (χ4v) is 3.80. The number of methoxy groups -OCH3 is 1. The number of aryl methyl sites for hydroxylation is 2. The maximum atomic E-state index is 12.9. The lowest BCUT2D eigenvalue weighted by Crippen LogP contribution is -2.40. The largest absolute Gasteiger partial charge is 0.497 e. The molecule has 4 heteroatoms. The van der Waals surface area contributed by atoms with Crippen LogP contribution in [0.15, 0.2) is 48.7 Å². The molecule has 0 aliphatic carbocycles. The topological polar surface area (TPSA) is 35.1 Å². The molecule has 27 heavy (non-hydrogen) atoms. The first-order valence-corrected chi connectivity index (χ1v) is 9.43. The minimum Gasteiger partial charge on any atom is -0.497 e. The molecule has 138 valence electrons. The van der Waals surface area contributed by atoms with E-state index in [0.717, 1.165) is 47.5 Å². The van der Waals surface area contributed by atoms with Crippen LogP contribution in [0, 0.1) is 13.8 Å². The zero-order valence-corrected chi connectivity index (χ0v) is 16.2. The van der Waals surface area contributed by atoms with Gasteiger partial charge in [-0.2, -0.15) is 0 Å². The normalized spacial score (nSPS) is 12.9. The SMILES string of the molecule is COc1ccc(-c2c[n+](CC(=O)c3ccc(C)c(C)c3)c3n2CCC3)cc1. The second-order valence-electron chi connectivity index (χ2n) is 7.26. The van der Waals surface area contributed by atoms with Crippen LogP contribution in [0.3, 0.4) is 0 Å². The fraction of sp³-hybridized carbons (Fsp3) is 0.304. The van der Waals surface area contributed by atoms with Crippen LogP contribution >= 0.6 is 0 Å². The van der Waals surface area contributed by atoms with Gasteiger partial charge in [0.25, 0.3) is 5.82 Å². The molecule has 1 aliphatic rings. The molecule has 2 heterocycles.